The molecule has 0 fully saturated rings. The maximum atomic E-state index is 10.4. The Morgan fingerprint density at radius 1 is 1.29 bits per heavy atom. The van der Waals surface area contributed by atoms with Crippen LogP contribution in [0.1, 0.15) is 0 Å². The van der Waals surface area contributed by atoms with Gasteiger partial charge >= 0.3 is 5.30 Å². The predicted octanol–water partition coefficient (Wildman–Crippen LogP) is 2.23. The van der Waals surface area contributed by atoms with Gasteiger partial charge in [0.1, 0.15) is 13.2 Å². The van der Waals surface area contributed by atoms with Gasteiger partial charge in [0, 0.05) is 4.90 Å². The van der Waals surface area contributed by atoms with Crippen molar-refractivity contribution < 1.29 is 19.4 Å². The van der Waals surface area contributed by atoms with E-state index >= 15 is 0 Å². The Morgan fingerprint density at radius 3 is 2.71 bits per heavy atom. The van der Waals surface area contributed by atoms with E-state index in [-0.39, 0.29) is 0 Å². The molecule has 5 heteroatoms. The van der Waals surface area contributed by atoms with Crippen molar-refractivity contribution in [3.05, 3.63) is 18.2 Å². The molecule has 0 amide bonds. The average molecular weight is 212 g/mol. The van der Waals surface area contributed by atoms with Crippen LogP contribution in [0.3, 0.4) is 0 Å². The molecule has 1 N–H and O–H groups in total. The number of carbonyl (C=O) groups is 1. The van der Waals surface area contributed by atoms with Gasteiger partial charge in [-0.05, 0) is 30.0 Å². The first-order chi connectivity index (χ1) is 6.75. The smallest absolute Gasteiger partial charge is 0.369 e. The fourth-order valence-electron chi connectivity index (χ4n) is 1.19. The number of fused-ring (bicyclic) bond motifs is 1. The third-order valence-electron chi connectivity index (χ3n) is 1.72. The van der Waals surface area contributed by atoms with E-state index in [1.807, 2.05) is 0 Å². The van der Waals surface area contributed by atoms with Crippen molar-refractivity contribution in [2.45, 2.75) is 4.90 Å². The summed E-state index contributed by atoms with van der Waals surface area (Å²) in [6.45, 7) is 1.05. The van der Waals surface area contributed by atoms with Crippen molar-refractivity contribution in [3.63, 3.8) is 0 Å². The molecule has 0 aliphatic carbocycles. The van der Waals surface area contributed by atoms with Crippen molar-refractivity contribution in [1.82, 2.24) is 0 Å². The van der Waals surface area contributed by atoms with Crippen molar-refractivity contribution in [2.24, 2.45) is 0 Å². The monoisotopic (exact) mass is 212 g/mol. The van der Waals surface area contributed by atoms with Crippen LogP contribution >= 0.6 is 11.8 Å². The Balaban J connectivity index is 2.24. The van der Waals surface area contributed by atoms with Crippen molar-refractivity contribution in [3.8, 4) is 11.5 Å². The van der Waals surface area contributed by atoms with E-state index in [9.17, 15) is 4.79 Å². The van der Waals surface area contributed by atoms with Gasteiger partial charge in [0.2, 0.25) is 0 Å². The molecule has 1 aliphatic heterocycles. The lowest BCUT2D eigenvalue weighted by molar-refractivity contribution is 0.171. The molecule has 0 aromatic heterocycles. The van der Waals surface area contributed by atoms with E-state index in [1.54, 1.807) is 18.2 Å². The van der Waals surface area contributed by atoms with Gasteiger partial charge < -0.3 is 14.6 Å². The lowest BCUT2D eigenvalue weighted by Gasteiger charge is -2.18. The zero-order valence-electron chi connectivity index (χ0n) is 7.23. The maximum absolute atomic E-state index is 10.4. The summed E-state index contributed by atoms with van der Waals surface area (Å²) in [4.78, 5) is 11.1. The molecule has 74 valence electrons. The highest BCUT2D eigenvalue weighted by atomic mass is 32.2. The van der Waals surface area contributed by atoms with Crippen molar-refractivity contribution >= 4 is 17.1 Å². The molecule has 1 aromatic rings. The second-order valence-corrected chi connectivity index (χ2v) is 3.70. The molecule has 0 spiro atoms. The quantitative estimate of drug-likeness (QED) is 0.723. The molecule has 1 aliphatic rings. The maximum Gasteiger partial charge on any atom is 0.369 e. The molecule has 4 nitrogen and oxygen atoms in total. The fraction of sp³-hybridized carbons (Fsp3) is 0.222. The topological polar surface area (TPSA) is 55.8 Å². The third-order valence-corrected chi connectivity index (χ3v) is 2.38. The highest BCUT2D eigenvalue weighted by Gasteiger charge is 2.12. The summed E-state index contributed by atoms with van der Waals surface area (Å²) in [6, 6.07) is 5.10. The number of thioether (sulfide) groups is 1. The van der Waals surface area contributed by atoms with Crippen LogP contribution in [0.25, 0.3) is 0 Å². The first kappa shape index (κ1) is 9.21. The van der Waals surface area contributed by atoms with E-state index < -0.39 is 5.30 Å². The Labute approximate surface area is 84.8 Å². The Bertz CT molecular complexity index is 364. The number of hydrogen-bond donors (Lipinski definition) is 1. The molecular formula is C9H8O4S. The Kier molecular flexibility index (Phi) is 2.49. The third kappa shape index (κ3) is 1.93. The Hall–Kier alpha value is -1.36. The second kappa shape index (κ2) is 3.79. The van der Waals surface area contributed by atoms with Crippen LogP contribution in [-0.2, 0) is 0 Å². The van der Waals surface area contributed by atoms with Crippen LogP contribution in [0, 0.1) is 0 Å². The minimum absolute atomic E-state index is 0.508. The number of rotatable bonds is 1. The van der Waals surface area contributed by atoms with Gasteiger partial charge in [0.15, 0.2) is 11.5 Å². The van der Waals surface area contributed by atoms with E-state index in [4.69, 9.17) is 14.6 Å². The van der Waals surface area contributed by atoms with Gasteiger partial charge in [-0.2, -0.15) is 0 Å². The van der Waals surface area contributed by atoms with Crippen LogP contribution in [0.5, 0.6) is 11.5 Å². The first-order valence-electron chi connectivity index (χ1n) is 4.06. The fourth-order valence-corrected chi connectivity index (χ4v) is 1.69. The lowest BCUT2D eigenvalue weighted by Crippen LogP contribution is -2.15. The average Bonchev–Trinajstić information content (AvgIpc) is 2.17. The van der Waals surface area contributed by atoms with Crippen molar-refractivity contribution in [1.29, 1.82) is 0 Å². The molecule has 0 saturated carbocycles. The molecule has 0 atom stereocenters. The van der Waals surface area contributed by atoms with Crippen LogP contribution in [0.4, 0.5) is 4.79 Å². The van der Waals surface area contributed by atoms with E-state index in [0.717, 1.165) is 11.8 Å². The summed E-state index contributed by atoms with van der Waals surface area (Å²) in [5.41, 5.74) is 0. The molecule has 0 radical (unpaired) electrons. The molecule has 0 bridgehead atoms. The zero-order valence-corrected chi connectivity index (χ0v) is 8.04. The van der Waals surface area contributed by atoms with Crippen LogP contribution in [-0.4, -0.2) is 23.6 Å². The lowest BCUT2D eigenvalue weighted by atomic mass is 10.3. The van der Waals surface area contributed by atoms with E-state index in [2.05, 4.69) is 0 Å². The number of ether oxygens (including phenoxy) is 2. The molecule has 1 aromatic carbocycles. The van der Waals surface area contributed by atoms with Gasteiger partial charge in [-0.1, -0.05) is 0 Å². The minimum atomic E-state index is -0.929. The Morgan fingerprint density at radius 2 is 2.00 bits per heavy atom. The summed E-state index contributed by atoms with van der Waals surface area (Å²) in [5, 5.41) is 7.63. The molecular weight excluding hydrogens is 204 g/mol. The molecule has 1 heterocycles. The molecule has 0 saturated heterocycles. The van der Waals surface area contributed by atoms with Crippen molar-refractivity contribution in [2.75, 3.05) is 13.2 Å². The normalized spacial score (nSPS) is 13.7. The standard InChI is InChI=1S/C9H8O4S/c10-9(11)14-6-1-2-7-8(5-6)13-4-3-12-7/h1-2,5H,3-4H2,(H,10,11). The van der Waals surface area contributed by atoms with Gasteiger partial charge in [0.05, 0.1) is 0 Å². The summed E-state index contributed by atoms with van der Waals surface area (Å²) < 4.78 is 10.6. The second-order valence-electron chi connectivity index (χ2n) is 2.67. The largest absolute Gasteiger partial charge is 0.486 e. The van der Waals surface area contributed by atoms with Crippen LogP contribution in [0.15, 0.2) is 23.1 Å². The van der Waals surface area contributed by atoms with Crippen LogP contribution in [0.2, 0.25) is 0 Å². The van der Waals surface area contributed by atoms with E-state index in [0.29, 0.717) is 29.6 Å². The summed E-state index contributed by atoms with van der Waals surface area (Å²) >= 11 is 0.752. The zero-order chi connectivity index (χ0) is 9.97. The number of hydrogen-bond acceptors (Lipinski definition) is 4. The molecule has 14 heavy (non-hydrogen) atoms. The van der Waals surface area contributed by atoms with Gasteiger partial charge in [-0.3, -0.25) is 0 Å². The SMILES string of the molecule is O=C(O)Sc1ccc2c(c1)OCCO2. The minimum Gasteiger partial charge on any atom is -0.486 e. The molecule has 0 unspecified atom stereocenters. The van der Waals surface area contributed by atoms with E-state index in [1.165, 1.54) is 0 Å². The highest BCUT2D eigenvalue weighted by molar-refractivity contribution is 8.13. The first-order valence-corrected chi connectivity index (χ1v) is 4.88. The summed E-state index contributed by atoms with van der Waals surface area (Å²) in [5.74, 6) is 1.29. The summed E-state index contributed by atoms with van der Waals surface area (Å²) in [7, 11) is 0. The predicted molar refractivity (Wildman–Crippen MR) is 51.3 cm³/mol. The van der Waals surface area contributed by atoms with Gasteiger partial charge in [0.25, 0.3) is 0 Å². The highest BCUT2D eigenvalue weighted by Crippen LogP contribution is 2.34. The van der Waals surface area contributed by atoms with Gasteiger partial charge in [-0.15, -0.1) is 0 Å². The van der Waals surface area contributed by atoms with Crippen LogP contribution < -0.4 is 9.47 Å². The van der Waals surface area contributed by atoms with Gasteiger partial charge in [-0.25, -0.2) is 4.79 Å². The summed E-state index contributed by atoms with van der Waals surface area (Å²) in [6.07, 6.45) is 0. The number of carboxylic acid groups (broad SMARTS) is 1. The molecule has 2 rings (SSSR count). The number of benzene rings is 1.